The Balaban J connectivity index is 1.89. The topological polar surface area (TPSA) is 86.6 Å². The molecule has 1 heterocycles. The Morgan fingerprint density at radius 1 is 1.14 bits per heavy atom. The van der Waals surface area contributed by atoms with Crippen molar-refractivity contribution >= 4 is 48.5 Å². The summed E-state index contributed by atoms with van der Waals surface area (Å²) in [7, 11) is -0.992. The van der Waals surface area contributed by atoms with Gasteiger partial charge >= 0.3 is 5.97 Å². The number of nitrogens with zero attached hydrogens (tertiary/aromatic N) is 1. The summed E-state index contributed by atoms with van der Waals surface area (Å²) in [5.74, 6) is -0.622. The summed E-state index contributed by atoms with van der Waals surface area (Å²) in [4.78, 5) is 11.8. The number of hydrogen-bond acceptors (Lipinski definition) is 5. The number of fused-ring (bicyclic) bond motifs is 1. The van der Waals surface area contributed by atoms with E-state index in [2.05, 4.69) is 25.4 Å². The molecule has 9 heteroatoms. The van der Waals surface area contributed by atoms with Crippen LogP contribution >= 0.6 is 15.9 Å². The molecule has 0 unspecified atom stereocenters. The highest BCUT2D eigenvalue weighted by atomic mass is 79.9. The van der Waals surface area contributed by atoms with E-state index >= 15 is 0 Å². The first-order chi connectivity index (χ1) is 13.4. The molecule has 0 radical (unpaired) electrons. The third kappa shape index (κ3) is 4.21. The average molecular weight is 467 g/mol. The van der Waals surface area contributed by atoms with Gasteiger partial charge in [0.15, 0.2) is 0 Å². The smallest absolute Gasteiger partial charge is 0.339 e. The number of anilines is 1. The van der Waals surface area contributed by atoms with Gasteiger partial charge < -0.3 is 14.0 Å². The summed E-state index contributed by atoms with van der Waals surface area (Å²) in [6.07, 6.45) is 1.93. The molecule has 1 N–H and O–H groups in total. The monoisotopic (exact) mass is 466 g/mol. The van der Waals surface area contributed by atoms with Crippen LogP contribution in [0.25, 0.3) is 10.9 Å². The van der Waals surface area contributed by atoms with Crippen molar-refractivity contribution in [2.75, 3.05) is 25.5 Å². The number of hydrogen-bond donors (Lipinski definition) is 1. The second-order valence-corrected chi connectivity index (χ2v) is 8.55. The molecule has 2 aromatic carbocycles. The Bertz CT molecular complexity index is 1120. The molecule has 0 bridgehead atoms. The van der Waals surface area contributed by atoms with E-state index in [1.54, 1.807) is 19.2 Å². The van der Waals surface area contributed by atoms with Gasteiger partial charge in [0.25, 0.3) is 10.0 Å². The molecule has 3 rings (SSSR count). The third-order valence-corrected chi connectivity index (χ3v) is 6.28. The summed E-state index contributed by atoms with van der Waals surface area (Å²) in [5, 5.41) is 0.905. The van der Waals surface area contributed by atoms with Gasteiger partial charge in [-0.1, -0.05) is 0 Å². The first kappa shape index (κ1) is 20.4. The van der Waals surface area contributed by atoms with Crippen LogP contribution in [-0.2, 0) is 26.0 Å². The van der Waals surface area contributed by atoms with Crippen molar-refractivity contribution in [1.29, 1.82) is 0 Å². The fraction of sp³-hybridized carbons (Fsp3) is 0.211. The second-order valence-electron chi connectivity index (χ2n) is 6.01. The fourth-order valence-corrected chi connectivity index (χ4v) is 4.28. The van der Waals surface area contributed by atoms with Gasteiger partial charge in [-0.05, 0) is 58.4 Å². The maximum atomic E-state index is 12.8. The lowest BCUT2D eigenvalue weighted by molar-refractivity contribution is 0.0599. The zero-order valence-corrected chi connectivity index (χ0v) is 17.7. The normalized spacial score (nSPS) is 11.5. The number of nitrogens with one attached hydrogen (secondary N) is 1. The quantitative estimate of drug-likeness (QED) is 0.537. The Morgan fingerprint density at radius 2 is 1.93 bits per heavy atom. The number of benzene rings is 2. The van der Waals surface area contributed by atoms with Crippen LogP contribution < -0.4 is 4.72 Å². The Labute approximate surface area is 171 Å². The number of carbonyl (C=O) groups is 1. The lowest BCUT2D eigenvalue weighted by Gasteiger charge is -2.11. The summed E-state index contributed by atoms with van der Waals surface area (Å²) < 4.78 is 40.3. The van der Waals surface area contributed by atoms with Gasteiger partial charge in [-0.3, -0.25) is 4.72 Å². The molecule has 0 saturated carbocycles. The van der Waals surface area contributed by atoms with Crippen molar-refractivity contribution in [3.63, 3.8) is 0 Å². The van der Waals surface area contributed by atoms with Crippen molar-refractivity contribution in [3.05, 3.63) is 58.7 Å². The molecule has 0 fully saturated rings. The first-order valence-corrected chi connectivity index (χ1v) is 10.6. The van der Waals surface area contributed by atoms with E-state index in [-0.39, 0.29) is 10.5 Å². The zero-order chi connectivity index (χ0) is 20.3. The average Bonchev–Trinajstić information content (AvgIpc) is 3.07. The van der Waals surface area contributed by atoms with Crippen LogP contribution in [0, 0.1) is 0 Å². The molecular formula is C19H19BrN2O5S. The highest BCUT2D eigenvalue weighted by molar-refractivity contribution is 9.10. The number of ether oxygens (including phenoxy) is 2. The Kier molecular flexibility index (Phi) is 6.07. The van der Waals surface area contributed by atoms with Crippen LogP contribution in [0.1, 0.15) is 10.4 Å². The molecular weight excluding hydrogens is 448 g/mol. The van der Waals surface area contributed by atoms with Crippen LogP contribution in [0.15, 0.2) is 58.0 Å². The predicted octanol–water partition coefficient (Wildman–Crippen LogP) is 3.64. The standard InChI is InChI=1S/C19H19BrN2O5S/c1-26-10-9-22-8-7-13-11-14(3-6-18(13)22)21-28(24,25)15-4-5-17(20)16(12-15)19(23)27-2/h3-8,11-12,21H,9-10H2,1-2H3. The van der Waals surface area contributed by atoms with E-state index in [0.29, 0.717) is 23.3 Å². The molecule has 1 aromatic heterocycles. The van der Waals surface area contributed by atoms with E-state index in [9.17, 15) is 13.2 Å². The summed E-state index contributed by atoms with van der Waals surface area (Å²) >= 11 is 3.23. The van der Waals surface area contributed by atoms with Crippen molar-refractivity contribution < 1.29 is 22.7 Å². The molecule has 7 nitrogen and oxygen atoms in total. The van der Waals surface area contributed by atoms with Crippen LogP contribution in [0.3, 0.4) is 0 Å². The minimum absolute atomic E-state index is 0.0335. The van der Waals surface area contributed by atoms with E-state index in [0.717, 1.165) is 10.9 Å². The van der Waals surface area contributed by atoms with Crippen LogP contribution in [0.2, 0.25) is 0 Å². The fourth-order valence-electron chi connectivity index (χ4n) is 2.80. The van der Waals surface area contributed by atoms with Crippen LogP contribution in [0.5, 0.6) is 0 Å². The van der Waals surface area contributed by atoms with Crippen molar-refractivity contribution in [2.45, 2.75) is 11.4 Å². The Morgan fingerprint density at radius 3 is 2.64 bits per heavy atom. The highest BCUT2D eigenvalue weighted by Gasteiger charge is 2.19. The maximum absolute atomic E-state index is 12.8. The molecule has 3 aromatic rings. The van der Waals surface area contributed by atoms with Crippen molar-refractivity contribution in [1.82, 2.24) is 4.57 Å². The summed E-state index contributed by atoms with van der Waals surface area (Å²) in [5.41, 5.74) is 1.55. The van der Waals surface area contributed by atoms with E-state index in [4.69, 9.17) is 4.74 Å². The number of methoxy groups -OCH3 is 2. The maximum Gasteiger partial charge on any atom is 0.339 e. The number of sulfonamides is 1. The molecule has 0 saturated heterocycles. The minimum atomic E-state index is -3.88. The molecule has 0 spiro atoms. The van der Waals surface area contributed by atoms with Gasteiger partial charge in [0.2, 0.25) is 0 Å². The molecule has 28 heavy (non-hydrogen) atoms. The lowest BCUT2D eigenvalue weighted by atomic mass is 10.2. The van der Waals surface area contributed by atoms with Crippen LogP contribution in [-0.4, -0.2) is 39.8 Å². The van der Waals surface area contributed by atoms with Crippen LogP contribution in [0.4, 0.5) is 5.69 Å². The van der Waals surface area contributed by atoms with Gasteiger partial charge in [0.05, 0.1) is 24.2 Å². The predicted molar refractivity (Wildman–Crippen MR) is 110 cm³/mol. The van der Waals surface area contributed by atoms with Crippen molar-refractivity contribution in [3.8, 4) is 0 Å². The SMILES string of the molecule is COCCn1ccc2cc(NS(=O)(=O)c3ccc(Br)c(C(=O)OC)c3)ccc21. The molecule has 0 atom stereocenters. The Hall–Kier alpha value is -2.36. The molecule has 0 amide bonds. The third-order valence-electron chi connectivity index (χ3n) is 4.21. The molecule has 0 aliphatic carbocycles. The molecule has 0 aliphatic heterocycles. The summed E-state index contributed by atoms with van der Waals surface area (Å²) in [6.45, 7) is 1.30. The van der Waals surface area contributed by atoms with Gasteiger partial charge in [-0.25, -0.2) is 13.2 Å². The van der Waals surface area contributed by atoms with Gasteiger partial charge in [-0.15, -0.1) is 0 Å². The number of esters is 1. The second kappa shape index (κ2) is 8.34. The van der Waals surface area contributed by atoms with Gasteiger partial charge in [0.1, 0.15) is 0 Å². The van der Waals surface area contributed by atoms with Crippen molar-refractivity contribution in [2.24, 2.45) is 0 Å². The highest BCUT2D eigenvalue weighted by Crippen LogP contribution is 2.25. The van der Waals surface area contributed by atoms with Gasteiger partial charge in [-0.2, -0.15) is 0 Å². The zero-order valence-electron chi connectivity index (χ0n) is 15.3. The van der Waals surface area contributed by atoms with E-state index in [1.165, 1.54) is 25.3 Å². The van der Waals surface area contributed by atoms with E-state index in [1.807, 2.05) is 22.9 Å². The first-order valence-electron chi connectivity index (χ1n) is 8.34. The lowest BCUT2D eigenvalue weighted by Crippen LogP contribution is -2.14. The number of aromatic nitrogens is 1. The van der Waals surface area contributed by atoms with Gasteiger partial charge in [0, 0.05) is 40.9 Å². The number of halogens is 1. The molecule has 0 aliphatic rings. The number of carbonyl (C=O) groups excluding carboxylic acids is 1. The molecule has 148 valence electrons. The summed E-state index contributed by atoms with van der Waals surface area (Å²) in [6, 6.07) is 11.4. The largest absolute Gasteiger partial charge is 0.465 e. The minimum Gasteiger partial charge on any atom is -0.465 e. The number of rotatable bonds is 7. The van der Waals surface area contributed by atoms with E-state index < -0.39 is 16.0 Å².